The molecular weight excluding hydrogens is 392 g/mol. The van der Waals surface area contributed by atoms with Crippen molar-refractivity contribution in [3.05, 3.63) is 69.6 Å². The van der Waals surface area contributed by atoms with Crippen LogP contribution in [0.5, 0.6) is 0 Å². The van der Waals surface area contributed by atoms with Crippen molar-refractivity contribution in [2.75, 3.05) is 6.54 Å². The van der Waals surface area contributed by atoms with Gasteiger partial charge in [-0.25, -0.2) is 0 Å². The molecule has 3 rings (SSSR count). The third-order valence-corrected chi connectivity index (χ3v) is 6.80. The highest BCUT2D eigenvalue weighted by Gasteiger charge is 2.35. The van der Waals surface area contributed by atoms with Crippen molar-refractivity contribution in [2.24, 2.45) is 11.8 Å². The molecule has 0 spiro atoms. The van der Waals surface area contributed by atoms with Crippen molar-refractivity contribution in [1.82, 2.24) is 10.6 Å². The van der Waals surface area contributed by atoms with Gasteiger partial charge in [0, 0.05) is 16.7 Å². The normalized spacial score (nSPS) is 20.7. The van der Waals surface area contributed by atoms with Crippen molar-refractivity contribution < 1.29 is 9.53 Å². The second-order valence-corrected chi connectivity index (χ2v) is 9.26. The molecule has 1 aromatic carbocycles. The van der Waals surface area contributed by atoms with Gasteiger partial charge in [-0.2, -0.15) is 0 Å². The maximum absolute atomic E-state index is 12.9. The van der Waals surface area contributed by atoms with Crippen LogP contribution in [0.4, 0.5) is 0 Å². The summed E-state index contributed by atoms with van der Waals surface area (Å²) in [5.74, 6) is 1.61. The number of amides is 1. The highest BCUT2D eigenvalue weighted by molar-refractivity contribution is 7.09. The summed E-state index contributed by atoms with van der Waals surface area (Å²) in [6.07, 6.45) is 1.77. The summed E-state index contributed by atoms with van der Waals surface area (Å²) in [5.41, 5.74) is 2.51. The van der Waals surface area contributed by atoms with Gasteiger partial charge in [-0.05, 0) is 48.9 Å². The van der Waals surface area contributed by atoms with Crippen LogP contribution >= 0.6 is 11.3 Å². The van der Waals surface area contributed by atoms with E-state index >= 15 is 0 Å². The van der Waals surface area contributed by atoms with Crippen LogP contribution in [0.15, 0.2) is 59.2 Å². The van der Waals surface area contributed by atoms with E-state index in [2.05, 4.69) is 62.6 Å². The lowest BCUT2D eigenvalue weighted by molar-refractivity contribution is -0.123. The molecule has 1 unspecified atom stereocenters. The fourth-order valence-electron chi connectivity index (χ4n) is 4.06. The molecule has 2 N–H and O–H groups in total. The van der Waals surface area contributed by atoms with Gasteiger partial charge in [0.1, 0.15) is 6.10 Å². The molecule has 2 aromatic rings. The molecule has 30 heavy (non-hydrogen) atoms. The number of ether oxygens (including phenoxy) is 1. The van der Waals surface area contributed by atoms with Crippen LogP contribution in [0.1, 0.15) is 57.1 Å². The van der Waals surface area contributed by atoms with Crippen LogP contribution in [0.2, 0.25) is 0 Å². The summed E-state index contributed by atoms with van der Waals surface area (Å²) >= 11 is 1.66. The maximum Gasteiger partial charge on any atom is 0.237 e. The van der Waals surface area contributed by atoms with Crippen molar-refractivity contribution in [3.63, 3.8) is 0 Å². The minimum atomic E-state index is -0.227. The summed E-state index contributed by atoms with van der Waals surface area (Å²) in [4.78, 5) is 14.1. The summed E-state index contributed by atoms with van der Waals surface area (Å²) in [5, 5.41) is 8.57. The summed E-state index contributed by atoms with van der Waals surface area (Å²) in [7, 11) is 0. The zero-order valence-electron chi connectivity index (χ0n) is 18.5. The number of rotatable bonds is 10. The van der Waals surface area contributed by atoms with Crippen LogP contribution in [0, 0.1) is 11.8 Å². The molecule has 0 aliphatic carbocycles. The van der Waals surface area contributed by atoms with E-state index in [9.17, 15) is 4.79 Å². The number of carbonyl (C=O) groups is 1. The van der Waals surface area contributed by atoms with E-state index in [0.717, 1.165) is 25.1 Å². The fourth-order valence-corrected chi connectivity index (χ4v) is 4.70. The van der Waals surface area contributed by atoms with Gasteiger partial charge >= 0.3 is 0 Å². The first-order chi connectivity index (χ1) is 14.5. The molecule has 4 atom stereocenters. The Morgan fingerprint density at radius 1 is 1.20 bits per heavy atom. The molecule has 0 radical (unpaired) electrons. The van der Waals surface area contributed by atoms with E-state index in [1.807, 2.05) is 23.6 Å². The second-order valence-electron chi connectivity index (χ2n) is 8.23. The molecule has 0 fully saturated rings. The van der Waals surface area contributed by atoms with Gasteiger partial charge in [0.25, 0.3) is 0 Å². The Kier molecular flexibility index (Phi) is 8.11. The van der Waals surface area contributed by atoms with Crippen molar-refractivity contribution in [2.45, 2.75) is 59.2 Å². The Bertz CT molecular complexity index is 832. The van der Waals surface area contributed by atoms with Gasteiger partial charge in [-0.3, -0.25) is 4.79 Å². The first-order valence-electron chi connectivity index (χ1n) is 11.0. The number of benzene rings is 1. The minimum Gasteiger partial charge on any atom is -0.489 e. The topological polar surface area (TPSA) is 50.4 Å². The largest absolute Gasteiger partial charge is 0.489 e. The highest BCUT2D eigenvalue weighted by atomic mass is 32.1. The van der Waals surface area contributed by atoms with Crippen molar-refractivity contribution in [3.8, 4) is 0 Å². The van der Waals surface area contributed by atoms with Gasteiger partial charge in [-0.15, -0.1) is 11.3 Å². The van der Waals surface area contributed by atoms with E-state index in [1.165, 1.54) is 16.0 Å². The molecular formula is C25H34N2O2S. The van der Waals surface area contributed by atoms with Crippen LogP contribution in [0.25, 0.3) is 0 Å². The van der Waals surface area contributed by atoms with E-state index in [1.54, 1.807) is 11.3 Å². The smallest absolute Gasteiger partial charge is 0.237 e. The molecule has 4 nitrogen and oxygen atoms in total. The number of carbonyl (C=O) groups excluding carboxylic acids is 1. The lowest BCUT2D eigenvalue weighted by atomic mass is 9.90. The average Bonchev–Trinajstić information content (AvgIpc) is 3.38. The Morgan fingerprint density at radius 3 is 2.63 bits per heavy atom. The number of allylic oxidation sites excluding steroid dienone is 1. The lowest BCUT2D eigenvalue weighted by Crippen LogP contribution is -2.45. The first-order valence-corrected chi connectivity index (χ1v) is 11.8. The minimum absolute atomic E-state index is 0.0540. The average molecular weight is 427 g/mol. The monoisotopic (exact) mass is 426 g/mol. The molecule has 1 amide bonds. The first kappa shape index (κ1) is 22.6. The Labute approximate surface area is 184 Å². The van der Waals surface area contributed by atoms with Crippen molar-refractivity contribution in [1.29, 1.82) is 0 Å². The van der Waals surface area contributed by atoms with Gasteiger partial charge in [0.2, 0.25) is 5.91 Å². The zero-order chi connectivity index (χ0) is 21.5. The molecule has 1 aromatic heterocycles. The van der Waals surface area contributed by atoms with E-state index in [4.69, 9.17) is 4.74 Å². The number of hydrogen-bond acceptors (Lipinski definition) is 4. The standard InChI is InChI=1S/C25H34N2O2S/c1-5-13-26-22(25(28)27-16-21-12-9-14-30-21)15-17(2)23-18(3)19(4)24(29-23)20-10-7-6-8-11-20/h6-12,14,17,19,22,24,26H,5,13,15-16H2,1-4H3,(H,27,28)/t17?,19-,22+,24-/m1/s1. The van der Waals surface area contributed by atoms with E-state index < -0.39 is 0 Å². The van der Waals surface area contributed by atoms with Gasteiger partial charge in [0.05, 0.1) is 18.3 Å². The Balaban J connectivity index is 1.65. The van der Waals surface area contributed by atoms with Crippen LogP contribution in [0.3, 0.4) is 0 Å². The third-order valence-electron chi connectivity index (χ3n) is 5.92. The van der Waals surface area contributed by atoms with Gasteiger partial charge in [0.15, 0.2) is 0 Å². The summed E-state index contributed by atoms with van der Waals surface area (Å²) in [6, 6.07) is 14.2. The van der Waals surface area contributed by atoms with Crippen LogP contribution < -0.4 is 10.6 Å². The van der Waals surface area contributed by atoms with Gasteiger partial charge in [-0.1, -0.05) is 57.2 Å². The molecule has 0 saturated heterocycles. The van der Waals surface area contributed by atoms with Crippen LogP contribution in [-0.4, -0.2) is 18.5 Å². The predicted molar refractivity (Wildman–Crippen MR) is 124 cm³/mol. The molecule has 5 heteroatoms. The van der Waals surface area contributed by atoms with Crippen LogP contribution in [-0.2, 0) is 16.1 Å². The summed E-state index contributed by atoms with van der Waals surface area (Å²) in [6.45, 7) is 10.1. The fraction of sp³-hybridized carbons (Fsp3) is 0.480. The van der Waals surface area contributed by atoms with E-state index in [-0.39, 0.29) is 24.0 Å². The third kappa shape index (κ3) is 5.52. The molecule has 1 aliphatic rings. The molecule has 162 valence electrons. The molecule has 2 heterocycles. The van der Waals surface area contributed by atoms with Gasteiger partial charge < -0.3 is 15.4 Å². The number of thiophene rings is 1. The number of nitrogens with one attached hydrogen (secondary N) is 2. The molecule has 0 saturated carbocycles. The Hall–Kier alpha value is -2.11. The van der Waals surface area contributed by atoms with E-state index in [0.29, 0.717) is 12.5 Å². The molecule has 0 bridgehead atoms. The maximum atomic E-state index is 12.9. The summed E-state index contributed by atoms with van der Waals surface area (Å²) < 4.78 is 6.46. The predicted octanol–water partition coefficient (Wildman–Crippen LogP) is 5.44. The lowest BCUT2D eigenvalue weighted by Gasteiger charge is -2.24. The quantitative estimate of drug-likeness (QED) is 0.532. The number of hydrogen-bond donors (Lipinski definition) is 2. The highest BCUT2D eigenvalue weighted by Crippen LogP contribution is 2.43. The van der Waals surface area contributed by atoms with Crippen molar-refractivity contribution >= 4 is 17.2 Å². The molecule has 1 aliphatic heterocycles. The SMILES string of the molecule is CCCN[C@@H](CC(C)C1=C(C)[C@@H](C)[C@H](c2ccccc2)O1)C(=O)NCc1cccs1. The Morgan fingerprint density at radius 2 is 1.97 bits per heavy atom. The zero-order valence-corrected chi connectivity index (χ0v) is 19.3. The second kappa shape index (κ2) is 10.8.